The van der Waals surface area contributed by atoms with Gasteiger partial charge in [-0.05, 0) is 13.0 Å². The molecule has 2 N–H and O–H groups in total. The number of halogens is 1. The highest BCUT2D eigenvalue weighted by atomic mass is 35.5. The largest absolute Gasteiger partial charge is 0.395 e. The molecule has 0 spiro atoms. The second-order valence-electron chi connectivity index (χ2n) is 2.89. The van der Waals surface area contributed by atoms with Gasteiger partial charge in [0.25, 0.3) is 0 Å². The van der Waals surface area contributed by atoms with E-state index in [1.165, 1.54) is 32.1 Å². The van der Waals surface area contributed by atoms with Crippen LogP contribution in [0.4, 0.5) is 0 Å². The average molecular weight is 196 g/mol. The number of hydrogen-bond donors (Lipinski definition) is 2. The van der Waals surface area contributed by atoms with Gasteiger partial charge in [-0.25, -0.2) is 0 Å². The Balaban J connectivity index is 0. The molecule has 0 fully saturated rings. The maximum atomic E-state index is 8.44. The van der Waals surface area contributed by atoms with E-state index < -0.39 is 0 Å². The topological polar surface area (TPSA) is 32.3 Å². The summed E-state index contributed by atoms with van der Waals surface area (Å²) in [6, 6.07) is 0. The molecule has 0 amide bonds. The van der Waals surface area contributed by atoms with Gasteiger partial charge in [0, 0.05) is 6.54 Å². The van der Waals surface area contributed by atoms with Crippen LogP contribution in [0.25, 0.3) is 0 Å². The summed E-state index contributed by atoms with van der Waals surface area (Å²) in [6.07, 6.45) is 6.60. The lowest BCUT2D eigenvalue weighted by Gasteiger charge is -2.01. The Morgan fingerprint density at radius 3 is 2.25 bits per heavy atom. The molecule has 0 bridgehead atoms. The maximum Gasteiger partial charge on any atom is 0.0555 e. The van der Waals surface area contributed by atoms with Gasteiger partial charge >= 0.3 is 0 Å². The van der Waals surface area contributed by atoms with Crippen LogP contribution >= 0.6 is 12.4 Å². The summed E-state index contributed by atoms with van der Waals surface area (Å²) in [6.45, 7) is 4.29. The molecule has 0 saturated heterocycles. The Bertz CT molecular complexity index is 63.5. The summed E-state index contributed by atoms with van der Waals surface area (Å²) in [5.74, 6) is 0. The average Bonchev–Trinajstić information content (AvgIpc) is 2.03. The van der Waals surface area contributed by atoms with Gasteiger partial charge in [-0.3, -0.25) is 0 Å². The quantitative estimate of drug-likeness (QED) is 0.581. The van der Waals surface area contributed by atoms with Gasteiger partial charge < -0.3 is 10.4 Å². The Morgan fingerprint density at radius 1 is 1.00 bits per heavy atom. The minimum Gasteiger partial charge on any atom is -0.395 e. The molecule has 3 heteroatoms. The summed E-state index contributed by atoms with van der Waals surface area (Å²) in [4.78, 5) is 0. The Morgan fingerprint density at radius 2 is 1.67 bits per heavy atom. The van der Waals surface area contributed by atoms with E-state index in [0.717, 1.165) is 13.1 Å². The molecule has 76 valence electrons. The van der Waals surface area contributed by atoms with E-state index in [0.29, 0.717) is 0 Å². The summed E-state index contributed by atoms with van der Waals surface area (Å²) in [5.41, 5.74) is 0. The van der Waals surface area contributed by atoms with Crippen molar-refractivity contribution >= 4 is 12.4 Å². The molecule has 0 saturated carbocycles. The van der Waals surface area contributed by atoms with E-state index in [-0.39, 0.29) is 19.0 Å². The standard InChI is InChI=1S/C9H21NO.ClH/c1-2-3-4-5-6-7-10-8-9-11;/h10-11H,2-9H2,1H3;1H. The normalized spacial score (nSPS) is 9.50. The summed E-state index contributed by atoms with van der Waals surface area (Å²) in [7, 11) is 0. The summed E-state index contributed by atoms with van der Waals surface area (Å²) in [5, 5.41) is 11.6. The van der Waals surface area contributed by atoms with E-state index >= 15 is 0 Å². The fourth-order valence-corrected chi connectivity index (χ4v) is 1.06. The van der Waals surface area contributed by atoms with E-state index in [1.54, 1.807) is 0 Å². The second-order valence-corrected chi connectivity index (χ2v) is 2.89. The van der Waals surface area contributed by atoms with Crippen LogP contribution in [0.1, 0.15) is 39.0 Å². The first kappa shape index (κ1) is 14.7. The minimum atomic E-state index is 0. The number of hydrogen-bond acceptors (Lipinski definition) is 2. The molecule has 0 aliphatic rings. The van der Waals surface area contributed by atoms with Crippen LogP contribution in [-0.4, -0.2) is 24.8 Å². The highest BCUT2D eigenvalue weighted by molar-refractivity contribution is 5.85. The highest BCUT2D eigenvalue weighted by Crippen LogP contribution is 2.00. The van der Waals surface area contributed by atoms with Crippen LogP contribution in [0.3, 0.4) is 0 Å². The molecule has 2 nitrogen and oxygen atoms in total. The molecule has 0 aliphatic heterocycles. The van der Waals surface area contributed by atoms with Crippen LogP contribution in [0, 0.1) is 0 Å². The fourth-order valence-electron chi connectivity index (χ4n) is 1.06. The molecule has 0 aromatic heterocycles. The van der Waals surface area contributed by atoms with Crippen molar-refractivity contribution in [2.45, 2.75) is 39.0 Å². The number of nitrogens with one attached hydrogen (secondary N) is 1. The predicted octanol–water partition coefficient (Wildman–Crippen LogP) is 1.96. The number of rotatable bonds is 8. The van der Waals surface area contributed by atoms with Gasteiger partial charge in [-0.15, -0.1) is 12.4 Å². The first-order valence-electron chi connectivity index (χ1n) is 4.73. The van der Waals surface area contributed by atoms with Crippen molar-refractivity contribution in [2.24, 2.45) is 0 Å². The first-order valence-corrected chi connectivity index (χ1v) is 4.73. The Kier molecular flexibility index (Phi) is 16.9. The van der Waals surface area contributed by atoms with Gasteiger partial charge in [0.2, 0.25) is 0 Å². The SMILES string of the molecule is CCCCCCCNCCO.Cl. The van der Waals surface area contributed by atoms with Gasteiger partial charge in [0.15, 0.2) is 0 Å². The molecule has 0 aromatic carbocycles. The van der Waals surface area contributed by atoms with Crippen molar-refractivity contribution in [3.05, 3.63) is 0 Å². The molecule has 0 heterocycles. The van der Waals surface area contributed by atoms with Crippen molar-refractivity contribution in [3.63, 3.8) is 0 Å². The summed E-state index contributed by atoms with van der Waals surface area (Å²) < 4.78 is 0. The number of unbranched alkanes of at least 4 members (excludes halogenated alkanes) is 4. The minimum absolute atomic E-state index is 0. The first-order chi connectivity index (χ1) is 5.41. The zero-order valence-electron chi connectivity index (χ0n) is 8.01. The predicted molar refractivity (Wildman–Crippen MR) is 56.0 cm³/mol. The van der Waals surface area contributed by atoms with Crippen molar-refractivity contribution in [1.82, 2.24) is 5.32 Å². The van der Waals surface area contributed by atoms with E-state index in [1.807, 2.05) is 0 Å². The zero-order chi connectivity index (χ0) is 8.36. The van der Waals surface area contributed by atoms with E-state index in [4.69, 9.17) is 5.11 Å². The van der Waals surface area contributed by atoms with Crippen molar-refractivity contribution < 1.29 is 5.11 Å². The molecular formula is C9H22ClNO. The fraction of sp³-hybridized carbons (Fsp3) is 1.00. The maximum absolute atomic E-state index is 8.44. The molecule has 0 aromatic rings. The van der Waals surface area contributed by atoms with Crippen molar-refractivity contribution in [3.8, 4) is 0 Å². The third-order valence-electron chi connectivity index (χ3n) is 1.75. The third-order valence-corrected chi connectivity index (χ3v) is 1.75. The van der Waals surface area contributed by atoms with Crippen LogP contribution in [0.15, 0.2) is 0 Å². The molecule has 0 rings (SSSR count). The lowest BCUT2D eigenvalue weighted by atomic mass is 10.1. The number of aliphatic hydroxyl groups excluding tert-OH is 1. The highest BCUT2D eigenvalue weighted by Gasteiger charge is 1.87. The Hall–Kier alpha value is 0.210. The van der Waals surface area contributed by atoms with Gasteiger partial charge in [0.05, 0.1) is 6.61 Å². The van der Waals surface area contributed by atoms with E-state index in [2.05, 4.69) is 12.2 Å². The van der Waals surface area contributed by atoms with Crippen LogP contribution in [0.5, 0.6) is 0 Å². The van der Waals surface area contributed by atoms with Gasteiger partial charge in [-0.2, -0.15) is 0 Å². The van der Waals surface area contributed by atoms with Crippen molar-refractivity contribution in [2.75, 3.05) is 19.7 Å². The zero-order valence-corrected chi connectivity index (χ0v) is 8.83. The van der Waals surface area contributed by atoms with Gasteiger partial charge in [0.1, 0.15) is 0 Å². The number of aliphatic hydroxyl groups is 1. The van der Waals surface area contributed by atoms with Crippen LogP contribution in [0.2, 0.25) is 0 Å². The molecule has 0 radical (unpaired) electrons. The van der Waals surface area contributed by atoms with Crippen LogP contribution in [-0.2, 0) is 0 Å². The third kappa shape index (κ3) is 12.8. The molecule has 12 heavy (non-hydrogen) atoms. The lowest BCUT2D eigenvalue weighted by molar-refractivity contribution is 0.292. The Labute approximate surface area is 82.2 Å². The van der Waals surface area contributed by atoms with Gasteiger partial charge in [-0.1, -0.05) is 32.6 Å². The smallest absolute Gasteiger partial charge is 0.0555 e. The molecular weight excluding hydrogens is 174 g/mol. The second kappa shape index (κ2) is 13.8. The van der Waals surface area contributed by atoms with Crippen LogP contribution < -0.4 is 5.32 Å². The molecule has 0 atom stereocenters. The molecule has 0 aliphatic carbocycles. The lowest BCUT2D eigenvalue weighted by Crippen LogP contribution is -2.19. The summed E-state index contributed by atoms with van der Waals surface area (Å²) >= 11 is 0. The van der Waals surface area contributed by atoms with Crippen molar-refractivity contribution in [1.29, 1.82) is 0 Å². The molecule has 0 unspecified atom stereocenters. The van der Waals surface area contributed by atoms with E-state index in [9.17, 15) is 0 Å². The monoisotopic (exact) mass is 195 g/mol.